The Balaban J connectivity index is 1.44. The second-order valence-electron chi connectivity index (χ2n) is 7.35. The van der Waals surface area contributed by atoms with Crippen molar-refractivity contribution < 1.29 is 14.0 Å². The number of anilines is 2. The first-order valence-electron chi connectivity index (χ1n) is 9.76. The molecule has 0 aliphatic carbocycles. The van der Waals surface area contributed by atoms with Crippen molar-refractivity contribution in [2.75, 3.05) is 34.9 Å². The third-order valence-electron chi connectivity index (χ3n) is 5.36. The van der Waals surface area contributed by atoms with Gasteiger partial charge in [-0.2, -0.15) is 0 Å². The van der Waals surface area contributed by atoms with E-state index in [-0.39, 0.29) is 29.0 Å². The zero-order valence-corrected chi connectivity index (χ0v) is 17.0. The fourth-order valence-electron chi connectivity index (χ4n) is 3.81. The highest BCUT2D eigenvalue weighted by Gasteiger charge is 2.39. The quantitative estimate of drug-likeness (QED) is 0.764. The van der Waals surface area contributed by atoms with Crippen LogP contribution < -0.4 is 15.8 Å². The average molecular weight is 431 g/mol. The lowest BCUT2D eigenvalue weighted by Gasteiger charge is -2.35. The molecule has 2 amide bonds. The normalized spacial score (nSPS) is 21.5. The van der Waals surface area contributed by atoms with Gasteiger partial charge in [0.05, 0.1) is 23.8 Å². The maximum atomic E-state index is 13.9. The van der Waals surface area contributed by atoms with Crippen LogP contribution in [0.2, 0.25) is 0 Å². The molecule has 0 spiro atoms. The maximum absolute atomic E-state index is 13.9. The number of amides is 2. The maximum Gasteiger partial charge on any atom is 0.252 e. The summed E-state index contributed by atoms with van der Waals surface area (Å²) in [5.74, 6) is 0.155. The van der Waals surface area contributed by atoms with Crippen molar-refractivity contribution in [2.45, 2.75) is 18.9 Å². The number of para-hydroxylation sites is 1. The molecule has 4 rings (SSSR count). The van der Waals surface area contributed by atoms with E-state index in [2.05, 4.69) is 15.3 Å². The van der Waals surface area contributed by atoms with Crippen molar-refractivity contribution in [1.29, 1.82) is 0 Å². The van der Waals surface area contributed by atoms with Crippen molar-refractivity contribution in [3.8, 4) is 0 Å². The Morgan fingerprint density at radius 3 is 2.93 bits per heavy atom. The molecule has 8 nitrogen and oxygen atoms in total. The molecule has 0 radical (unpaired) electrons. The van der Waals surface area contributed by atoms with E-state index in [1.54, 1.807) is 17.0 Å². The highest BCUT2D eigenvalue weighted by atomic mass is 32.2. The zero-order chi connectivity index (χ0) is 21.1. The molecule has 1 aromatic carbocycles. The molecule has 30 heavy (non-hydrogen) atoms. The molecule has 3 heterocycles. The van der Waals surface area contributed by atoms with Crippen LogP contribution in [0.25, 0.3) is 0 Å². The smallest absolute Gasteiger partial charge is 0.252 e. The number of hydrogen-bond donors (Lipinski definition) is 2. The number of rotatable bonds is 4. The second kappa shape index (κ2) is 8.86. The number of nitrogens with zero attached hydrogens (tertiary/aromatic N) is 3. The summed E-state index contributed by atoms with van der Waals surface area (Å²) in [5, 5.41) is 2.60. The van der Waals surface area contributed by atoms with E-state index in [0.29, 0.717) is 37.0 Å². The first-order chi connectivity index (χ1) is 14.5. The minimum absolute atomic E-state index is 0.0942. The van der Waals surface area contributed by atoms with Gasteiger partial charge in [0.25, 0.3) is 5.56 Å². The molecule has 10 heteroatoms. The van der Waals surface area contributed by atoms with Crippen molar-refractivity contribution in [1.82, 2.24) is 14.9 Å². The van der Waals surface area contributed by atoms with Crippen LogP contribution in [0.5, 0.6) is 0 Å². The van der Waals surface area contributed by atoms with Gasteiger partial charge >= 0.3 is 0 Å². The van der Waals surface area contributed by atoms with Gasteiger partial charge in [-0.1, -0.05) is 12.1 Å². The largest absolute Gasteiger partial charge is 0.356 e. The minimum Gasteiger partial charge on any atom is -0.356 e. The summed E-state index contributed by atoms with van der Waals surface area (Å²) in [6.07, 6.45) is 2.85. The minimum atomic E-state index is -0.643. The van der Waals surface area contributed by atoms with Gasteiger partial charge in [-0.05, 0) is 25.0 Å². The van der Waals surface area contributed by atoms with Crippen molar-refractivity contribution in [3.05, 3.63) is 52.8 Å². The summed E-state index contributed by atoms with van der Waals surface area (Å²) in [6.45, 7) is 1.16. The van der Waals surface area contributed by atoms with E-state index < -0.39 is 11.9 Å². The molecule has 2 aliphatic heterocycles. The first-order valence-corrected chi connectivity index (χ1v) is 10.9. The number of aromatic nitrogens is 2. The number of nitrogens with one attached hydrogen (secondary N) is 2. The Morgan fingerprint density at radius 1 is 1.30 bits per heavy atom. The molecule has 2 unspecified atom stereocenters. The molecule has 2 aliphatic rings. The lowest BCUT2D eigenvalue weighted by atomic mass is 9.96. The summed E-state index contributed by atoms with van der Waals surface area (Å²) in [4.78, 5) is 47.7. The second-order valence-corrected chi connectivity index (χ2v) is 8.35. The average Bonchev–Trinajstić information content (AvgIpc) is 3.25. The highest BCUT2D eigenvalue weighted by Crippen LogP contribution is 2.28. The van der Waals surface area contributed by atoms with E-state index >= 15 is 0 Å². The van der Waals surface area contributed by atoms with Crippen LogP contribution in [0.15, 0.2) is 41.5 Å². The van der Waals surface area contributed by atoms with Gasteiger partial charge in [-0.15, -0.1) is 11.8 Å². The number of hydrogen-bond acceptors (Lipinski definition) is 6. The van der Waals surface area contributed by atoms with Crippen molar-refractivity contribution >= 4 is 35.1 Å². The van der Waals surface area contributed by atoms with Crippen LogP contribution in [-0.2, 0) is 9.59 Å². The van der Waals surface area contributed by atoms with Crippen LogP contribution in [0.4, 0.5) is 15.9 Å². The van der Waals surface area contributed by atoms with E-state index in [0.717, 1.165) is 6.42 Å². The SMILES string of the molecule is O=C(Nc1ccccc1F)C1CSCN1C(=O)C1CCCN(c2cc(=O)[nH]cn2)C1. The van der Waals surface area contributed by atoms with Crippen LogP contribution in [0.3, 0.4) is 0 Å². The molecule has 158 valence electrons. The molecule has 2 saturated heterocycles. The predicted octanol–water partition coefficient (Wildman–Crippen LogP) is 1.67. The third-order valence-corrected chi connectivity index (χ3v) is 6.37. The fraction of sp³-hybridized carbons (Fsp3) is 0.400. The van der Waals surface area contributed by atoms with Crippen LogP contribution in [-0.4, -0.2) is 57.4 Å². The van der Waals surface area contributed by atoms with E-state index in [1.807, 2.05) is 4.90 Å². The van der Waals surface area contributed by atoms with E-state index in [1.165, 1.54) is 36.3 Å². The van der Waals surface area contributed by atoms with Crippen LogP contribution in [0.1, 0.15) is 12.8 Å². The Bertz CT molecular complexity index is 1000. The van der Waals surface area contributed by atoms with E-state index in [4.69, 9.17) is 0 Å². The number of aromatic amines is 1. The van der Waals surface area contributed by atoms with Crippen LogP contribution in [0, 0.1) is 11.7 Å². The summed E-state index contributed by atoms with van der Waals surface area (Å²) in [7, 11) is 0. The molecular formula is C20H22FN5O3S. The van der Waals surface area contributed by atoms with Gasteiger partial charge in [0, 0.05) is 24.9 Å². The van der Waals surface area contributed by atoms with Crippen molar-refractivity contribution in [2.24, 2.45) is 5.92 Å². The number of piperidine rings is 1. The van der Waals surface area contributed by atoms with Gasteiger partial charge in [-0.3, -0.25) is 14.4 Å². The molecule has 0 saturated carbocycles. The number of halogens is 1. The molecule has 2 atom stereocenters. The number of carbonyl (C=O) groups excluding carboxylic acids is 2. The number of thioether (sulfide) groups is 1. The number of benzene rings is 1. The summed E-state index contributed by atoms with van der Waals surface area (Å²) in [5.41, 5.74) is -0.134. The van der Waals surface area contributed by atoms with Gasteiger partial charge in [0.1, 0.15) is 17.7 Å². The summed E-state index contributed by atoms with van der Waals surface area (Å²) < 4.78 is 13.9. The Morgan fingerprint density at radius 2 is 2.13 bits per heavy atom. The monoisotopic (exact) mass is 431 g/mol. The van der Waals surface area contributed by atoms with Crippen LogP contribution >= 0.6 is 11.8 Å². The Hall–Kier alpha value is -2.88. The Labute approximate surface area is 176 Å². The van der Waals surface area contributed by atoms with Gasteiger partial charge < -0.3 is 20.1 Å². The number of H-pyrrole nitrogens is 1. The van der Waals surface area contributed by atoms with Gasteiger partial charge in [-0.25, -0.2) is 9.37 Å². The fourth-order valence-corrected chi connectivity index (χ4v) is 4.97. The number of carbonyl (C=O) groups is 2. The molecule has 2 N–H and O–H groups in total. The predicted molar refractivity (Wildman–Crippen MR) is 113 cm³/mol. The topological polar surface area (TPSA) is 98.4 Å². The molecule has 2 fully saturated rings. The molecule has 1 aromatic heterocycles. The van der Waals surface area contributed by atoms with Crippen molar-refractivity contribution in [3.63, 3.8) is 0 Å². The lowest BCUT2D eigenvalue weighted by molar-refractivity contribution is -0.140. The Kier molecular flexibility index (Phi) is 6.03. The highest BCUT2D eigenvalue weighted by molar-refractivity contribution is 7.99. The lowest BCUT2D eigenvalue weighted by Crippen LogP contribution is -2.50. The molecule has 2 aromatic rings. The standard InChI is InChI=1S/C20H22FN5O3S/c21-14-5-1-2-6-15(14)24-19(28)16-10-30-12-26(16)20(29)13-4-3-7-25(9-13)17-8-18(27)23-11-22-17/h1-2,5-6,8,11,13,16H,3-4,7,9-10,12H2,(H,24,28)(H,22,23,27). The summed E-state index contributed by atoms with van der Waals surface area (Å²) >= 11 is 1.50. The zero-order valence-electron chi connectivity index (χ0n) is 16.2. The van der Waals surface area contributed by atoms with Gasteiger partial charge in [0.2, 0.25) is 11.8 Å². The molecule has 0 bridgehead atoms. The molecular weight excluding hydrogens is 409 g/mol. The first kappa shape index (κ1) is 20.4. The van der Waals surface area contributed by atoms with Gasteiger partial charge in [0.15, 0.2) is 0 Å². The van der Waals surface area contributed by atoms with E-state index in [9.17, 15) is 18.8 Å². The summed E-state index contributed by atoms with van der Waals surface area (Å²) in [6, 6.07) is 6.75. The third kappa shape index (κ3) is 4.33.